The zero-order valence-corrected chi connectivity index (χ0v) is 13.6. The third-order valence-electron chi connectivity index (χ3n) is 4.05. The molecule has 1 fully saturated rings. The first-order valence-corrected chi connectivity index (χ1v) is 8.20. The average molecular weight is 288 g/mol. The summed E-state index contributed by atoms with van der Waals surface area (Å²) in [5.41, 5.74) is 2.67. The van der Waals surface area contributed by atoms with Crippen molar-refractivity contribution < 1.29 is 4.79 Å². The van der Waals surface area contributed by atoms with Gasteiger partial charge >= 0.3 is 0 Å². The van der Waals surface area contributed by atoms with E-state index in [0.717, 1.165) is 32.5 Å². The van der Waals surface area contributed by atoms with Crippen molar-refractivity contribution in [1.29, 1.82) is 0 Å². The number of likely N-dealkylation sites (N-methyl/N-ethyl adjacent to an activating group) is 1. The first kappa shape index (κ1) is 16.0. The van der Waals surface area contributed by atoms with Crippen LogP contribution in [-0.2, 0) is 11.2 Å². The molecule has 1 atom stereocenters. The molecule has 0 spiro atoms. The van der Waals surface area contributed by atoms with Crippen molar-refractivity contribution in [2.45, 2.75) is 46.1 Å². The summed E-state index contributed by atoms with van der Waals surface area (Å²) in [7, 11) is 0. The second-order valence-corrected chi connectivity index (χ2v) is 6.39. The van der Waals surface area contributed by atoms with E-state index in [9.17, 15) is 4.79 Å². The lowest BCUT2D eigenvalue weighted by atomic mass is 9.99. The molecule has 1 aliphatic heterocycles. The predicted molar refractivity (Wildman–Crippen MR) is 87.2 cm³/mol. The van der Waals surface area contributed by atoms with Gasteiger partial charge in [-0.1, -0.05) is 45.0 Å². The van der Waals surface area contributed by atoms with Crippen molar-refractivity contribution in [2.24, 2.45) is 5.92 Å². The Balaban J connectivity index is 2.04. The van der Waals surface area contributed by atoms with Crippen LogP contribution in [-0.4, -0.2) is 30.4 Å². The third-order valence-corrected chi connectivity index (χ3v) is 4.05. The fourth-order valence-corrected chi connectivity index (χ4v) is 3.01. The summed E-state index contributed by atoms with van der Waals surface area (Å²) >= 11 is 0. The molecule has 1 N–H and O–H groups in total. The summed E-state index contributed by atoms with van der Waals surface area (Å²) in [4.78, 5) is 13.8. The number of benzene rings is 1. The topological polar surface area (TPSA) is 32.3 Å². The zero-order chi connectivity index (χ0) is 15.2. The Morgan fingerprint density at radius 3 is 2.48 bits per heavy atom. The van der Waals surface area contributed by atoms with Crippen LogP contribution in [0.1, 0.15) is 50.8 Å². The molecule has 1 amide bonds. The molecule has 2 rings (SSSR count). The SMILES string of the molecule is CCNC(CN1CCCC1=O)c1ccc(CC(C)C)cc1. The maximum Gasteiger partial charge on any atom is 0.222 e. The summed E-state index contributed by atoms with van der Waals surface area (Å²) in [5, 5.41) is 3.51. The van der Waals surface area contributed by atoms with Gasteiger partial charge in [0.25, 0.3) is 0 Å². The van der Waals surface area contributed by atoms with E-state index in [2.05, 4.69) is 50.4 Å². The van der Waals surface area contributed by atoms with E-state index in [0.29, 0.717) is 18.2 Å². The number of hydrogen-bond donors (Lipinski definition) is 1. The number of amides is 1. The lowest BCUT2D eigenvalue weighted by molar-refractivity contribution is -0.128. The summed E-state index contributed by atoms with van der Waals surface area (Å²) < 4.78 is 0. The Morgan fingerprint density at radius 2 is 1.95 bits per heavy atom. The molecule has 116 valence electrons. The molecule has 1 saturated heterocycles. The quantitative estimate of drug-likeness (QED) is 0.836. The van der Waals surface area contributed by atoms with Gasteiger partial charge in [-0.25, -0.2) is 0 Å². The van der Waals surface area contributed by atoms with Gasteiger partial charge in [0.05, 0.1) is 0 Å². The highest BCUT2D eigenvalue weighted by Gasteiger charge is 2.23. The Bertz CT molecular complexity index is 453. The largest absolute Gasteiger partial charge is 0.341 e. The van der Waals surface area contributed by atoms with Gasteiger partial charge < -0.3 is 10.2 Å². The Kier molecular flexibility index (Phi) is 5.80. The summed E-state index contributed by atoms with van der Waals surface area (Å²) in [5.74, 6) is 0.983. The van der Waals surface area contributed by atoms with Crippen LogP contribution in [0.15, 0.2) is 24.3 Å². The molecular weight excluding hydrogens is 260 g/mol. The van der Waals surface area contributed by atoms with Crippen molar-refractivity contribution in [3.63, 3.8) is 0 Å². The number of nitrogens with one attached hydrogen (secondary N) is 1. The van der Waals surface area contributed by atoms with Crippen LogP contribution in [0.3, 0.4) is 0 Å². The molecule has 1 unspecified atom stereocenters. The standard InChI is InChI=1S/C18H28N2O/c1-4-19-17(13-20-11-5-6-18(20)21)16-9-7-15(8-10-16)12-14(2)3/h7-10,14,17,19H,4-6,11-13H2,1-3H3. The lowest BCUT2D eigenvalue weighted by Crippen LogP contribution is -2.35. The van der Waals surface area contributed by atoms with Gasteiger partial charge in [0, 0.05) is 25.6 Å². The minimum Gasteiger partial charge on any atom is -0.341 e. The average Bonchev–Trinajstić information content (AvgIpc) is 2.84. The van der Waals surface area contributed by atoms with Gasteiger partial charge in [-0.05, 0) is 36.4 Å². The first-order chi connectivity index (χ1) is 10.1. The van der Waals surface area contributed by atoms with Crippen molar-refractivity contribution in [1.82, 2.24) is 10.2 Å². The van der Waals surface area contributed by atoms with Gasteiger partial charge in [-0.2, -0.15) is 0 Å². The summed E-state index contributed by atoms with van der Waals surface area (Å²) in [6.45, 7) is 9.22. The fourth-order valence-electron chi connectivity index (χ4n) is 3.01. The Hall–Kier alpha value is -1.35. The maximum atomic E-state index is 11.8. The van der Waals surface area contributed by atoms with Crippen LogP contribution in [0, 0.1) is 5.92 Å². The number of carbonyl (C=O) groups is 1. The van der Waals surface area contributed by atoms with Crippen molar-refractivity contribution in [3.05, 3.63) is 35.4 Å². The molecule has 3 heteroatoms. The van der Waals surface area contributed by atoms with E-state index >= 15 is 0 Å². The number of rotatable bonds is 7. The van der Waals surface area contributed by atoms with Crippen molar-refractivity contribution >= 4 is 5.91 Å². The van der Waals surface area contributed by atoms with E-state index in [-0.39, 0.29) is 6.04 Å². The molecule has 0 aromatic heterocycles. The second kappa shape index (κ2) is 7.60. The van der Waals surface area contributed by atoms with Gasteiger partial charge in [0.2, 0.25) is 5.91 Å². The molecule has 3 nitrogen and oxygen atoms in total. The highest BCUT2D eigenvalue weighted by atomic mass is 16.2. The molecular formula is C18H28N2O. The maximum absolute atomic E-state index is 11.8. The van der Waals surface area contributed by atoms with Crippen molar-refractivity contribution in [3.8, 4) is 0 Å². The van der Waals surface area contributed by atoms with Crippen LogP contribution >= 0.6 is 0 Å². The van der Waals surface area contributed by atoms with E-state index in [1.807, 2.05) is 4.90 Å². The smallest absolute Gasteiger partial charge is 0.222 e. The fraction of sp³-hybridized carbons (Fsp3) is 0.611. The number of carbonyl (C=O) groups excluding carboxylic acids is 1. The minimum atomic E-state index is 0.241. The number of hydrogen-bond acceptors (Lipinski definition) is 2. The molecule has 0 aliphatic carbocycles. The molecule has 0 radical (unpaired) electrons. The van der Waals surface area contributed by atoms with Crippen LogP contribution < -0.4 is 5.32 Å². The van der Waals surface area contributed by atoms with E-state index in [4.69, 9.17) is 0 Å². The van der Waals surface area contributed by atoms with Gasteiger partial charge in [0.15, 0.2) is 0 Å². The number of likely N-dealkylation sites (tertiary alicyclic amines) is 1. The second-order valence-electron chi connectivity index (χ2n) is 6.39. The molecule has 1 aromatic rings. The summed E-state index contributed by atoms with van der Waals surface area (Å²) in [6, 6.07) is 9.12. The predicted octanol–water partition coefficient (Wildman–Crippen LogP) is 3.16. The van der Waals surface area contributed by atoms with E-state index < -0.39 is 0 Å². The van der Waals surface area contributed by atoms with Crippen molar-refractivity contribution in [2.75, 3.05) is 19.6 Å². The van der Waals surface area contributed by atoms with E-state index in [1.165, 1.54) is 11.1 Å². The highest BCUT2D eigenvalue weighted by molar-refractivity contribution is 5.78. The van der Waals surface area contributed by atoms with Gasteiger partial charge in [0.1, 0.15) is 0 Å². The Morgan fingerprint density at radius 1 is 1.24 bits per heavy atom. The van der Waals surface area contributed by atoms with Crippen LogP contribution in [0.5, 0.6) is 0 Å². The molecule has 1 aliphatic rings. The highest BCUT2D eigenvalue weighted by Crippen LogP contribution is 2.20. The lowest BCUT2D eigenvalue weighted by Gasteiger charge is -2.25. The minimum absolute atomic E-state index is 0.241. The van der Waals surface area contributed by atoms with Crippen LogP contribution in [0.2, 0.25) is 0 Å². The first-order valence-electron chi connectivity index (χ1n) is 8.20. The monoisotopic (exact) mass is 288 g/mol. The molecule has 1 heterocycles. The van der Waals surface area contributed by atoms with Crippen LogP contribution in [0.4, 0.5) is 0 Å². The molecule has 21 heavy (non-hydrogen) atoms. The Labute approximate surface area is 128 Å². The van der Waals surface area contributed by atoms with Gasteiger partial charge in [-0.3, -0.25) is 4.79 Å². The van der Waals surface area contributed by atoms with Gasteiger partial charge in [-0.15, -0.1) is 0 Å². The molecule has 0 saturated carbocycles. The summed E-state index contributed by atoms with van der Waals surface area (Å²) in [6.07, 6.45) is 2.84. The normalized spacial score (nSPS) is 16.8. The number of nitrogens with zero attached hydrogens (tertiary/aromatic N) is 1. The third kappa shape index (κ3) is 4.57. The van der Waals surface area contributed by atoms with Crippen LogP contribution in [0.25, 0.3) is 0 Å². The zero-order valence-electron chi connectivity index (χ0n) is 13.6. The molecule has 0 bridgehead atoms. The molecule has 1 aromatic carbocycles. The van der Waals surface area contributed by atoms with E-state index in [1.54, 1.807) is 0 Å².